The Morgan fingerprint density at radius 2 is 1.95 bits per heavy atom. The second-order valence-electron chi connectivity index (χ2n) is 5.78. The van der Waals surface area contributed by atoms with Gasteiger partial charge < -0.3 is 10.1 Å². The molecule has 1 N–H and O–H groups in total. The number of nitrogens with one attached hydrogen (secondary N) is 1. The molecule has 2 nitrogen and oxygen atoms in total. The molecule has 0 amide bonds. The molecule has 1 saturated carbocycles. The van der Waals surface area contributed by atoms with Gasteiger partial charge in [0, 0.05) is 24.2 Å². The minimum absolute atomic E-state index is 0.136. The molecule has 1 aliphatic carbocycles. The summed E-state index contributed by atoms with van der Waals surface area (Å²) < 4.78 is 6.05. The first-order chi connectivity index (χ1) is 9.15. The average molecular weight is 282 g/mol. The first-order valence-corrected chi connectivity index (χ1v) is 7.63. The third-order valence-electron chi connectivity index (χ3n) is 3.43. The van der Waals surface area contributed by atoms with Crippen molar-refractivity contribution < 1.29 is 4.74 Å². The van der Waals surface area contributed by atoms with Gasteiger partial charge in [0.1, 0.15) is 0 Å². The van der Waals surface area contributed by atoms with Gasteiger partial charge in [-0.3, -0.25) is 0 Å². The zero-order chi connectivity index (χ0) is 13.7. The molecule has 1 atom stereocenters. The van der Waals surface area contributed by atoms with Crippen LogP contribution in [0.2, 0.25) is 5.02 Å². The largest absolute Gasteiger partial charge is 0.372 e. The molecule has 1 aliphatic rings. The minimum Gasteiger partial charge on any atom is -0.372 e. The summed E-state index contributed by atoms with van der Waals surface area (Å²) >= 11 is 5.94. The highest BCUT2D eigenvalue weighted by molar-refractivity contribution is 6.30. The van der Waals surface area contributed by atoms with Crippen LogP contribution in [0.4, 0.5) is 0 Å². The van der Waals surface area contributed by atoms with Crippen LogP contribution < -0.4 is 5.32 Å². The van der Waals surface area contributed by atoms with Crippen LogP contribution in [0.15, 0.2) is 24.3 Å². The topological polar surface area (TPSA) is 21.3 Å². The van der Waals surface area contributed by atoms with E-state index in [0.29, 0.717) is 12.0 Å². The van der Waals surface area contributed by atoms with Crippen LogP contribution in [0.3, 0.4) is 0 Å². The summed E-state index contributed by atoms with van der Waals surface area (Å²) in [6.07, 6.45) is 3.85. The highest BCUT2D eigenvalue weighted by Gasteiger charge is 2.22. The molecule has 19 heavy (non-hydrogen) atoms. The average Bonchev–Trinajstić information content (AvgIpc) is 3.18. The number of rotatable bonds is 8. The second-order valence-corrected chi connectivity index (χ2v) is 6.21. The van der Waals surface area contributed by atoms with Crippen LogP contribution in [-0.2, 0) is 4.74 Å². The zero-order valence-electron chi connectivity index (χ0n) is 11.9. The molecule has 0 spiro atoms. The van der Waals surface area contributed by atoms with Gasteiger partial charge in [-0.2, -0.15) is 0 Å². The van der Waals surface area contributed by atoms with Crippen molar-refractivity contribution in [2.75, 3.05) is 13.2 Å². The Labute approximate surface area is 121 Å². The maximum absolute atomic E-state index is 6.05. The fourth-order valence-corrected chi connectivity index (χ4v) is 2.08. The van der Waals surface area contributed by atoms with Crippen molar-refractivity contribution in [1.82, 2.24) is 5.32 Å². The molecule has 106 valence electrons. The predicted octanol–water partition coefficient (Wildman–Crippen LogP) is 4.20. The normalized spacial score (nSPS) is 16.8. The number of halogens is 1. The van der Waals surface area contributed by atoms with Gasteiger partial charge in [-0.1, -0.05) is 37.6 Å². The van der Waals surface area contributed by atoms with Crippen LogP contribution in [0.25, 0.3) is 0 Å². The quantitative estimate of drug-likeness (QED) is 0.771. The van der Waals surface area contributed by atoms with E-state index in [0.717, 1.165) is 24.6 Å². The van der Waals surface area contributed by atoms with E-state index >= 15 is 0 Å². The summed E-state index contributed by atoms with van der Waals surface area (Å²) in [5, 5.41) is 4.33. The van der Waals surface area contributed by atoms with Crippen molar-refractivity contribution in [2.45, 2.75) is 45.3 Å². The Bertz CT molecular complexity index is 373. The van der Waals surface area contributed by atoms with E-state index in [-0.39, 0.29) is 6.10 Å². The maximum atomic E-state index is 6.05. The van der Waals surface area contributed by atoms with Crippen LogP contribution in [-0.4, -0.2) is 19.2 Å². The van der Waals surface area contributed by atoms with Crippen molar-refractivity contribution >= 4 is 11.6 Å². The fraction of sp³-hybridized carbons (Fsp3) is 0.625. The van der Waals surface area contributed by atoms with Crippen LogP contribution in [0, 0.1) is 5.92 Å². The summed E-state index contributed by atoms with van der Waals surface area (Å²) in [4.78, 5) is 0. The van der Waals surface area contributed by atoms with E-state index in [1.165, 1.54) is 18.4 Å². The molecule has 0 heterocycles. The molecule has 1 aromatic carbocycles. The summed E-state index contributed by atoms with van der Waals surface area (Å²) in [6, 6.07) is 8.72. The Balaban J connectivity index is 1.89. The predicted molar refractivity (Wildman–Crippen MR) is 80.6 cm³/mol. The lowest BCUT2D eigenvalue weighted by atomic mass is 10.1. The van der Waals surface area contributed by atoms with Crippen LogP contribution >= 0.6 is 11.6 Å². The smallest absolute Gasteiger partial charge is 0.0949 e. The van der Waals surface area contributed by atoms with Crippen molar-refractivity contribution in [3.8, 4) is 0 Å². The lowest BCUT2D eigenvalue weighted by Gasteiger charge is -2.20. The highest BCUT2D eigenvalue weighted by Crippen LogP contribution is 2.23. The molecular weight excluding hydrogens is 258 g/mol. The Morgan fingerprint density at radius 3 is 2.53 bits per heavy atom. The lowest BCUT2D eigenvalue weighted by molar-refractivity contribution is 0.0455. The van der Waals surface area contributed by atoms with Crippen molar-refractivity contribution in [3.63, 3.8) is 0 Å². The van der Waals surface area contributed by atoms with Crippen LogP contribution in [0.1, 0.15) is 44.8 Å². The number of ether oxygens (including phenoxy) is 1. The lowest BCUT2D eigenvalue weighted by Crippen LogP contribution is -2.25. The van der Waals surface area contributed by atoms with Gasteiger partial charge in [0.15, 0.2) is 0 Å². The maximum Gasteiger partial charge on any atom is 0.0949 e. The van der Waals surface area contributed by atoms with E-state index in [9.17, 15) is 0 Å². The molecule has 0 bridgehead atoms. The third-order valence-corrected chi connectivity index (χ3v) is 3.68. The van der Waals surface area contributed by atoms with E-state index in [1.807, 2.05) is 12.1 Å². The molecule has 0 aliphatic heterocycles. The van der Waals surface area contributed by atoms with Gasteiger partial charge in [0.2, 0.25) is 0 Å². The highest BCUT2D eigenvalue weighted by atomic mass is 35.5. The molecule has 3 heteroatoms. The summed E-state index contributed by atoms with van der Waals surface area (Å²) in [6.45, 7) is 6.16. The Hall–Kier alpha value is -0.570. The fourth-order valence-electron chi connectivity index (χ4n) is 1.96. The third kappa shape index (κ3) is 5.52. The summed E-state index contributed by atoms with van der Waals surface area (Å²) in [5.74, 6) is 0.683. The van der Waals surface area contributed by atoms with Crippen molar-refractivity contribution in [1.29, 1.82) is 0 Å². The number of hydrogen-bond acceptors (Lipinski definition) is 2. The summed E-state index contributed by atoms with van der Waals surface area (Å²) in [7, 11) is 0. The van der Waals surface area contributed by atoms with Gasteiger partial charge in [-0.05, 0) is 42.9 Å². The van der Waals surface area contributed by atoms with Gasteiger partial charge in [0.25, 0.3) is 0 Å². The molecule has 1 aromatic rings. The van der Waals surface area contributed by atoms with Crippen molar-refractivity contribution in [2.24, 2.45) is 5.92 Å². The first-order valence-electron chi connectivity index (χ1n) is 7.25. The Kier molecular flexibility index (Phi) is 5.68. The van der Waals surface area contributed by atoms with Gasteiger partial charge in [-0.25, -0.2) is 0 Å². The molecule has 0 aromatic heterocycles. The van der Waals surface area contributed by atoms with Crippen LogP contribution in [0.5, 0.6) is 0 Å². The molecule has 0 radical (unpaired) electrons. The standard InChI is InChI=1S/C16H24ClNO/c1-12(2)9-10-19-16(11-18-15-7-8-15)13-3-5-14(17)6-4-13/h3-6,12,15-16,18H,7-11H2,1-2H3. The first kappa shape index (κ1) is 14.8. The molecule has 0 saturated heterocycles. The van der Waals surface area contributed by atoms with E-state index < -0.39 is 0 Å². The van der Waals surface area contributed by atoms with Gasteiger partial charge >= 0.3 is 0 Å². The minimum atomic E-state index is 0.136. The van der Waals surface area contributed by atoms with E-state index in [2.05, 4.69) is 31.3 Å². The van der Waals surface area contributed by atoms with Gasteiger partial charge in [0.05, 0.1) is 6.10 Å². The second kappa shape index (κ2) is 7.28. The van der Waals surface area contributed by atoms with E-state index in [1.54, 1.807) is 0 Å². The Morgan fingerprint density at radius 1 is 1.26 bits per heavy atom. The van der Waals surface area contributed by atoms with E-state index in [4.69, 9.17) is 16.3 Å². The number of benzene rings is 1. The molecular formula is C16H24ClNO. The molecule has 1 fully saturated rings. The zero-order valence-corrected chi connectivity index (χ0v) is 12.6. The van der Waals surface area contributed by atoms with Crippen molar-refractivity contribution in [3.05, 3.63) is 34.9 Å². The summed E-state index contributed by atoms with van der Waals surface area (Å²) in [5.41, 5.74) is 1.21. The number of hydrogen-bond donors (Lipinski definition) is 1. The molecule has 2 rings (SSSR count). The SMILES string of the molecule is CC(C)CCOC(CNC1CC1)c1ccc(Cl)cc1. The molecule has 1 unspecified atom stereocenters. The monoisotopic (exact) mass is 281 g/mol. The van der Waals surface area contributed by atoms with Gasteiger partial charge in [-0.15, -0.1) is 0 Å².